The Morgan fingerprint density at radius 2 is 2.22 bits per heavy atom. The van der Waals surface area contributed by atoms with Crippen molar-refractivity contribution < 1.29 is 18.3 Å². The molecule has 23 heavy (non-hydrogen) atoms. The third-order valence-electron chi connectivity index (χ3n) is 3.79. The first-order chi connectivity index (χ1) is 11.0. The van der Waals surface area contributed by atoms with Crippen LogP contribution in [0.5, 0.6) is 5.75 Å². The number of nitrogens with zero attached hydrogens (tertiary/aromatic N) is 2. The van der Waals surface area contributed by atoms with Crippen LogP contribution in [0.1, 0.15) is 25.6 Å². The lowest BCUT2D eigenvalue weighted by Crippen LogP contribution is -2.31. The van der Waals surface area contributed by atoms with Crippen LogP contribution in [0.25, 0.3) is 0 Å². The van der Waals surface area contributed by atoms with E-state index in [9.17, 15) is 13.6 Å². The minimum Gasteiger partial charge on any atom is -0.478 e. The monoisotopic (exact) mass is 321 g/mol. The smallest absolute Gasteiger partial charge is 0.266 e. The fourth-order valence-corrected chi connectivity index (χ4v) is 2.56. The second kappa shape index (κ2) is 6.36. The predicted octanol–water partition coefficient (Wildman–Crippen LogP) is 2.90. The molecule has 1 aliphatic rings. The van der Waals surface area contributed by atoms with Gasteiger partial charge in [-0.15, -0.1) is 0 Å². The van der Waals surface area contributed by atoms with Crippen LogP contribution in [0.4, 0.5) is 14.6 Å². The molecule has 2 aromatic rings. The number of ether oxygens (including phenoxy) is 1. The topological polar surface area (TPSA) is 56.1 Å². The molecule has 2 heterocycles. The highest BCUT2D eigenvalue weighted by molar-refractivity contribution is 5.93. The quantitative estimate of drug-likeness (QED) is 0.942. The number of benzene rings is 1. The lowest BCUT2D eigenvalue weighted by Gasteiger charge is -2.18. The van der Waals surface area contributed by atoms with Crippen LogP contribution in [0.15, 0.2) is 24.4 Å². The van der Waals surface area contributed by atoms with Gasteiger partial charge in [-0.25, -0.2) is 13.8 Å². The zero-order valence-electron chi connectivity index (χ0n) is 12.7. The van der Waals surface area contributed by atoms with Crippen LogP contribution in [0.2, 0.25) is 0 Å². The van der Waals surface area contributed by atoms with Crippen LogP contribution in [0, 0.1) is 11.6 Å². The minimum atomic E-state index is -0.926. The Bertz CT molecular complexity index is 730. The first kappa shape index (κ1) is 15.5. The molecule has 0 aliphatic carbocycles. The summed E-state index contributed by atoms with van der Waals surface area (Å²) in [6.07, 6.45) is 3.71. The highest BCUT2D eigenvalue weighted by Crippen LogP contribution is 2.21. The van der Waals surface area contributed by atoms with E-state index in [1.54, 1.807) is 6.20 Å². The molecule has 1 amide bonds. The van der Waals surface area contributed by atoms with Crippen molar-refractivity contribution in [3.8, 4) is 5.75 Å². The van der Waals surface area contributed by atoms with Gasteiger partial charge in [-0.2, -0.15) is 0 Å². The van der Waals surface area contributed by atoms with Crippen LogP contribution < -0.4 is 10.1 Å². The summed E-state index contributed by atoms with van der Waals surface area (Å²) in [5.74, 6) is -0.556. The van der Waals surface area contributed by atoms with Gasteiger partial charge in [-0.3, -0.25) is 4.79 Å². The molecule has 0 radical (unpaired) electrons. The molecule has 7 heteroatoms. The van der Waals surface area contributed by atoms with E-state index in [0.29, 0.717) is 11.9 Å². The molecule has 1 aliphatic heterocycles. The Kier molecular flexibility index (Phi) is 4.27. The molecule has 1 aromatic carbocycles. The summed E-state index contributed by atoms with van der Waals surface area (Å²) in [6.45, 7) is 2.32. The van der Waals surface area contributed by atoms with Crippen molar-refractivity contribution in [2.45, 2.75) is 38.8 Å². The number of aromatic nitrogens is 2. The molecule has 1 atom stereocenters. The lowest BCUT2D eigenvalue weighted by molar-refractivity contribution is -0.122. The molecule has 1 aromatic heterocycles. The Balaban J connectivity index is 1.67. The van der Waals surface area contributed by atoms with E-state index < -0.39 is 23.6 Å². The zero-order chi connectivity index (χ0) is 16.4. The van der Waals surface area contributed by atoms with Crippen molar-refractivity contribution in [2.75, 3.05) is 5.32 Å². The number of carbonyl (C=O) groups excluding carboxylic acids is 1. The number of amides is 1. The van der Waals surface area contributed by atoms with Crippen molar-refractivity contribution in [3.05, 3.63) is 41.9 Å². The molecule has 0 spiro atoms. The van der Waals surface area contributed by atoms with Gasteiger partial charge in [0.2, 0.25) is 0 Å². The third-order valence-corrected chi connectivity index (χ3v) is 3.79. The highest BCUT2D eigenvalue weighted by Gasteiger charge is 2.20. The van der Waals surface area contributed by atoms with E-state index >= 15 is 0 Å². The maximum absolute atomic E-state index is 13.6. The molecule has 122 valence electrons. The number of carbonyl (C=O) groups is 1. The molecule has 0 unspecified atom stereocenters. The number of imidazole rings is 1. The molecule has 1 N–H and O–H groups in total. The van der Waals surface area contributed by atoms with Crippen molar-refractivity contribution in [1.29, 1.82) is 0 Å². The van der Waals surface area contributed by atoms with Gasteiger partial charge in [0.15, 0.2) is 17.7 Å². The summed E-state index contributed by atoms with van der Waals surface area (Å²) < 4.78 is 33.7. The summed E-state index contributed by atoms with van der Waals surface area (Å²) in [5, 5.41) is 2.74. The second-order valence-electron chi connectivity index (χ2n) is 5.49. The van der Waals surface area contributed by atoms with Gasteiger partial charge in [0.25, 0.3) is 5.91 Å². The van der Waals surface area contributed by atoms with E-state index in [0.717, 1.165) is 43.8 Å². The summed E-state index contributed by atoms with van der Waals surface area (Å²) in [7, 11) is 0. The Hall–Kier alpha value is -2.44. The summed E-state index contributed by atoms with van der Waals surface area (Å²) in [6, 6.07) is 2.96. The largest absolute Gasteiger partial charge is 0.478 e. The van der Waals surface area contributed by atoms with Crippen molar-refractivity contribution >= 4 is 11.7 Å². The first-order valence-electron chi connectivity index (χ1n) is 7.51. The standard InChI is InChI=1S/C16H17F2N3O2/c1-10(23-13-6-5-11(17)8-12(13)18)16(22)20-15-9-19-14-4-2-3-7-21(14)15/h5-6,8-10H,2-4,7H2,1H3,(H,20,22)/t10-/m0/s1. The number of rotatable bonds is 4. The van der Waals surface area contributed by atoms with Gasteiger partial charge in [0.05, 0.1) is 6.20 Å². The Morgan fingerprint density at radius 1 is 1.39 bits per heavy atom. The number of fused-ring (bicyclic) bond motifs is 1. The number of anilines is 1. The minimum absolute atomic E-state index is 0.163. The van der Waals surface area contributed by atoms with Crippen LogP contribution in [0.3, 0.4) is 0 Å². The maximum Gasteiger partial charge on any atom is 0.266 e. The Labute approximate surface area is 132 Å². The number of hydrogen-bond acceptors (Lipinski definition) is 3. The van der Waals surface area contributed by atoms with E-state index in [1.165, 1.54) is 6.92 Å². The van der Waals surface area contributed by atoms with E-state index in [-0.39, 0.29) is 5.75 Å². The van der Waals surface area contributed by atoms with Crippen molar-refractivity contribution in [2.24, 2.45) is 0 Å². The molecule has 5 nitrogen and oxygen atoms in total. The van der Waals surface area contributed by atoms with Crippen LogP contribution in [-0.2, 0) is 17.8 Å². The molecule has 0 saturated heterocycles. The number of halogens is 2. The second-order valence-corrected chi connectivity index (χ2v) is 5.49. The summed E-state index contributed by atoms with van der Waals surface area (Å²) in [5.41, 5.74) is 0. The molecular formula is C16H17F2N3O2. The van der Waals surface area contributed by atoms with Crippen LogP contribution >= 0.6 is 0 Å². The van der Waals surface area contributed by atoms with E-state index in [4.69, 9.17) is 4.74 Å². The number of nitrogens with one attached hydrogen (secondary N) is 1. The lowest BCUT2D eigenvalue weighted by atomic mass is 10.2. The van der Waals surface area contributed by atoms with Gasteiger partial charge in [0, 0.05) is 19.0 Å². The predicted molar refractivity (Wildman–Crippen MR) is 80.2 cm³/mol. The third kappa shape index (κ3) is 3.33. The summed E-state index contributed by atoms with van der Waals surface area (Å²) >= 11 is 0. The maximum atomic E-state index is 13.6. The van der Waals surface area contributed by atoms with E-state index in [2.05, 4.69) is 10.3 Å². The average molecular weight is 321 g/mol. The average Bonchev–Trinajstić information content (AvgIpc) is 2.93. The van der Waals surface area contributed by atoms with Gasteiger partial charge in [-0.05, 0) is 31.9 Å². The number of aryl methyl sites for hydroxylation is 1. The van der Waals surface area contributed by atoms with Crippen molar-refractivity contribution in [1.82, 2.24) is 9.55 Å². The molecule has 3 rings (SSSR count). The molecule has 0 fully saturated rings. The van der Waals surface area contributed by atoms with Gasteiger partial charge in [0.1, 0.15) is 17.5 Å². The zero-order valence-corrected chi connectivity index (χ0v) is 12.7. The van der Waals surface area contributed by atoms with Gasteiger partial charge >= 0.3 is 0 Å². The normalized spacial score (nSPS) is 14.9. The van der Waals surface area contributed by atoms with Gasteiger partial charge in [-0.1, -0.05) is 0 Å². The molecular weight excluding hydrogens is 304 g/mol. The number of hydrogen-bond donors (Lipinski definition) is 1. The molecule has 0 bridgehead atoms. The van der Waals surface area contributed by atoms with Gasteiger partial charge < -0.3 is 14.6 Å². The Morgan fingerprint density at radius 3 is 3.00 bits per heavy atom. The van der Waals surface area contributed by atoms with Crippen molar-refractivity contribution in [3.63, 3.8) is 0 Å². The fraction of sp³-hybridized carbons (Fsp3) is 0.375. The molecule has 0 saturated carbocycles. The first-order valence-corrected chi connectivity index (χ1v) is 7.51. The SMILES string of the molecule is C[C@H](Oc1ccc(F)cc1F)C(=O)Nc1cnc2n1CCCC2. The fourth-order valence-electron chi connectivity index (χ4n) is 2.56. The van der Waals surface area contributed by atoms with Crippen LogP contribution in [-0.4, -0.2) is 21.6 Å². The highest BCUT2D eigenvalue weighted by atomic mass is 19.1. The van der Waals surface area contributed by atoms with E-state index in [1.807, 2.05) is 4.57 Å². The summed E-state index contributed by atoms with van der Waals surface area (Å²) in [4.78, 5) is 16.5.